The maximum Gasteiger partial charge on any atom is 0.267 e. The summed E-state index contributed by atoms with van der Waals surface area (Å²) in [5.74, 6) is -0.518. The average molecular weight is 368 g/mol. The van der Waals surface area contributed by atoms with Crippen molar-refractivity contribution in [1.29, 1.82) is 0 Å². The van der Waals surface area contributed by atoms with E-state index in [9.17, 15) is 4.79 Å². The molecule has 5 rings (SSSR count). The van der Waals surface area contributed by atoms with E-state index in [1.165, 1.54) is 6.20 Å². The molecule has 0 aliphatic rings. The van der Waals surface area contributed by atoms with E-state index in [0.29, 0.717) is 11.3 Å². The molecule has 2 N–H and O–H groups in total. The number of aryl methyl sites for hydroxylation is 1. The van der Waals surface area contributed by atoms with Gasteiger partial charge in [0.1, 0.15) is 17.0 Å². The summed E-state index contributed by atoms with van der Waals surface area (Å²) in [5, 5.41) is 0. The summed E-state index contributed by atoms with van der Waals surface area (Å²) in [7, 11) is 0. The summed E-state index contributed by atoms with van der Waals surface area (Å²) < 4.78 is 3.67. The Morgan fingerprint density at radius 1 is 1.04 bits per heavy atom. The van der Waals surface area contributed by atoms with Crippen molar-refractivity contribution in [3.63, 3.8) is 0 Å². The van der Waals surface area contributed by atoms with E-state index in [2.05, 4.69) is 15.0 Å². The van der Waals surface area contributed by atoms with Crippen LogP contribution in [-0.2, 0) is 0 Å². The smallest absolute Gasteiger partial charge is 0.267 e. The van der Waals surface area contributed by atoms with Crippen molar-refractivity contribution in [1.82, 2.24) is 23.8 Å². The van der Waals surface area contributed by atoms with Crippen molar-refractivity contribution in [2.24, 2.45) is 5.73 Å². The summed E-state index contributed by atoms with van der Waals surface area (Å²) in [6.45, 7) is 1.97. The number of primary amides is 1. The number of pyridine rings is 3. The van der Waals surface area contributed by atoms with Crippen molar-refractivity contribution < 1.29 is 4.79 Å². The number of hydrogen-bond donors (Lipinski definition) is 1. The number of amides is 1. The number of carbonyl (C=O) groups is 1. The average Bonchev–Trinajstić information content (AvgIpc) is 3.32. The van der Waals surface area contributed by atoms with Crippen LogP contribution in [0.5, 0.6) is 0 Å². The highest BCUT2D eigenvalue weighted by Crippen LogP contribution is 2.32. The standard InChI is InChI=1S/C21H16N6O/c1-13-3-2-4-17(25-13)15-9-20-23-7-8-26(20)12-16(15)14-5-6-19-24-10-18(21(22)28)27(19)11-14/h2-12H,1H3,(H2,22,28). The van der Waals surface area contributed by atoms with Crippen LogP contribution in [0.1, 0.15) is 16.2 Å². The third-order valence-electron chi connectivity index (χ3n) is 4.76. The van der Waals surface area contributed by atoms with Crippen LogP contribution in [0.15, 0.2) is 67.4 Å². The van der Waals surface area contributed by atoms with Gasteiger partial charge in [-0.05, 0) is 37.3 Å². The summed E-state index contributed by atoms with van der Waals surface area (Å²) >= 11 is 0. The molecule has 7 nitrogen and oxygen atoms in total. The molecule has 1 amide bonds. The van der Waals surface area contributed by atoms with Crippen molar-refractivity contribution in [3.8, 4) is 22.4 Å². The largest absolute Gasteiger partial charge is 0.364 e. The van der Waals surface area contributed by atoms with Crippen LogP contribution >= 0.6 is 0 Å². The van der Waals surface area contributed by atoms with Gasteiger partial charge in [0.2, 0.25) is 0 Å². The van der Waals surface area contributed by atoms with Gasteiger partial charge in [0.05, 0.1) is 11.9 Å². The molecule has 0 fully saturated rings. The zero-order valence-corrected chi connectivity index (χ0v) is 15.1. The van der Waals surface area contributed by atoms with Crippen LogP contribution in [0.25, 0.3) is 33.7 Å². The van der Waals surface area contributed by atoms with Crippen LogP contribution in [0, 0.1) is 6.92 Å². The predicted molar refractivity (Wildman–Crippen MR) is 106 cm³/mol. The second-order valence-electron chi connectivity index (χ2n) is 6.61. The molecule has 5 aromatic rings. The van der Waals surface area contributed by atoms with Gasteiger partial charge in [-0.2, -0.15) is 0 Å². The third kappa shape index (κ3) is 2.52. The fourth-order valence-corrected chi connectivity index (χ4v) is 3.42. The summed E-state index contributed by atoms with van der Waals surface area (Å²) in [4.78, 5) is 25.1. The molecule has 5 heterocycles. The Hall–Kier alpha value is -4.00. The summed E-state index contributed by atoms with van der Waals surface area (Å²) in [5.41, 5.74) is 12.0. The van der Waals surface area contributed by atoms with Crippen molar-refractivity contribution >= 4 is 17.2 Å². The number of aromatic nitrogens is 5. The molecular formula is C21H16N6O. The van der Waals surface area contributed by atoms with Gasteiger partial charge in [-0.25, -0.2) is 9.97 Å². The Balaban J connectivity index is 1.80. The highest BCUT2D eigenvalue weighted by atomic mass is 16.1. The topological polar surface area (TPSA) is 90.6 Å². The molecule has 0 saturated heterocycles. The molecule has 0 aliphatic heterocycles. The Labute approximate surface area is 160 Å². The highest BCUT2D eigenvalue weighted by Gasteiger charge is 2.14. The van der Waals surface area contributed by atoms with Gasteiger partial charge in [0, 0.05) is 47.2 Å². The fraction of sp³-hybridized carbons (Fsp3) is 0.0476. The van der Waals surface area contributed by atoms with E-state index in [1.54, 1.807) is 10.6 Å². The van der Waals surface area contributed by atoms with Crippen LogP contribution in [-0.4, -0.2) is 29.7 Å². The van der Waals surface area contributed by atoms with E-state index in [0.717, 1.165) is 33.7 Å². The Morgan fingerprint density at radius 3 is 2.75 bits per heavy atom. The molecule has 0 bridgehead atoms. The van der Waals surface area contributed by atoms with E-state index >= 15 is 0 Å². The van der Waals surface area contributed by atoms with Gasteiger partial charge in [0.25, 0.3) is 5.91 Å². The van der Waals surface area contributed by atoms with Gasteiger partial charge in [-0.3, -0.25) is 14.2 Å². The molecule has 5 aromatic heterocycles. The molecule has 0 aliphatic carbocycles. The third-order valence-corrected chi connectivity index (χ3v) is 4.76. The Morgan fingerprint density at radius 2 is 1.93 bits per heavy atom. The van der Waals surface area contributed by atoms with Gasteiger partial charge in [-0.15, -0.1) is 0 Å². The lowest BCUT2D eigenvalue weighted by atomic mass is 10.0. The first kappa shape index (κ1) is 16.2. The second kappa shape index (κ2) is 6.02. The number of imidazole rings is 2. The van der Waals surface area contributed by atoms with E-state index in [1.807, 2.05) is 66.3 Å². The number of hydrogen-bond acceptors (Lipinski definition) is 4. The number of rotatable bonds is 3. The van der Waals surface area contributed by atoms with Crippen molar-refractivity contribution in [2.45, 2.75) is 6.92 Å². The molecule has 0 spiro atoms. The molecule has 0 aromatic carbocycles. The predicted octanol–water partition coefficient (Wildman–Crippen LogP) is 3.12. The molecule has 7 heteroatoms. The van der Waals surface area contributed by atoms with Crippen LogP contribution in [0.2, 0.25) is 0 Å². The maximum atomic E-state index is 11.7. The van der Waals surface area contributed by atoms with Gasteiger partial charge < -0.3 is 10.1 Å². The van der Waals surface area contributed by atoms with E-state index in [-0.39, 0.29) is 0 Å². The molecule has 0 atom stereocenters. The van der Waals surface area contributed by atoms with Gasteiger partial charge in [-0.1, -0.05) is 6.07 Å². The summed E-state index contributed by atoms with van der Waals surface area (Å²) in [6.07, 6.45) is 9.04. The normalized spacial score (nSPS) is 11.3. The first-order valence-electron chi connectivity index (χ1n) is 8.78. The van der Waals surface area contributed by atoms with Crippen LogP contribution in [0.4, 0.5) is 0 Å². The molecule has 0 saturated carbocycles. The molecular weight excluding hydrogens is 352 g/mol. The van der Waals surface area contributed by atoms with Gasteiger partial charge >= 0.3 is 0 Å². The first-order chi connectivity index (χ1) is 13.6. The van der Waals surface area contributed by atoms with E-state index < -0.39 is 5.91 Å². The molecule has 136 valence electrons. The number of nitrogens with two attached hydrogens (primary N) is 1. The lowest BCUT2D eigenvalue weighted by Gasteiger charge is -2.12. The number of nitrogens with zero attached hydrogens (tertiary/aromatic N) is 5. The molecule has 0 unspecified atom stereocenters. The lowest BCUT2D eigenvalue weighted by Crippen LogP contribution is -2.13. The highest BCUT2D eigenvalue weighted by molar-refractivity contribution is 5.92. The zero-order chi connectivity index (χ0) is 19.3. The van der Waals surface area contributed by atoms with Crippen molar-refractivity contribution in [2.75, 3.05) is 0 Å². The second-order valence-corrected chi connectivity index (χ2v) is 6.61. The maximum absolute atomic E-state index is 11.7. The van der Waals surface area contributed by atoms with Crippen LogP contribution in [0.3, 0.4) is 0 Å². The Bertz CT molecular complexity index is 1360. The van der Waals surface area contributed by atoms with E-state index in [4.69, 9.17) is 5.73 Å². The van der Waals surface area contributed by atoms with Crippen molar-refractivity contribution in [3.05, 3.63) is 78.8 Å². The molecule has 28 heavy (non-hydrogen) atoms. The monoisotopic (exact) mass is 368 g/mol. The summed E-state index contributed by atoms with van der Waals surface area (Å²) in [6, 6.07) is 11.8. The zero-order valence-electron chi connectivity index (χ0n) is 15.1. The minimum Gasteiger partial charge on any atom is -0.364 e. The minimum atomic E-state index is -0.518. The number of fused-ring (bicyclic) bond motifs is 2. The Kier molecular flexibility index (Phi) is 3.48. The fourth-order valence-electron chi connectivity index (χ4n) is 3.42. The quantitative estimate of drug-likeness (QED) is 0.530. The molecule has 0 radical (unpaired) electrons. The minimum absolute atomic E-state index is 0.343. The van der Waals surface area contributed by atoms with Crippen LogP contribution < -0.4 is 5.73 Å². The lowest BCUT2D eigenvalue weighted by molar-refractivity contribution is 0.0995. The SMILES string of the molecule is Cc1cccc(-c2cc3nccn3cc2-c2ccc3ncc(C(N)=O)n3c2)n1. The number of carbonyl (C=O) groups excluding carboxylic acids is 1. The van der Waals surface area contributed by atoms with Gasteiger partial charge in [0.15, 0.2) is 0 Å². The first-order valence-corrected chi connectivity index (χ1v) is 8.78.